The van der Waals surface area contributed by atoms with E-state index in [0.717, 1.165) is 0 Å². The second kappa shape index (κ2) is 9.38. The van der Waals surface area contributed by atoms with Gasteiger partial charge in [0.25, 0.3) is 0 Å². The quantitative estimate of drug-likeness (QED) is 0.194. The van der Waals surface area contributed by atoms with Gasteiger partial charge in [-0.3, -0.25) is 4.79 Å². The van der Waals surface area contributed by atoms with Gasteiger partial charge < -0.3 is 5.73 Å². The van der Waals surface area contributed by atoms with Gasteiger partial charge in [-0.2, -0.15) is 44.6 Å². The molecule has 2 N–H and O–H groups in total. The number of carbonyl (C=O) groups is 1. The zero-order valence-corrected chi connectivity index (χ0v) is 19.7. The fourth-order valence-corrected chi connectivity index (χ4v) is 4.37. The highest BCUT2D eigenvalue weighted by Gasteiger charge is 2.40. The first-order chi connectivity index (χ1) is 16.4. The largest absolute Gasteiger partial charge is 0.417 e. The van der Waals surface area contributed by atoms with E-state index in [9.17, 15) is 44.3 Å². The molecular weight excluding hydrogens is 572 g/mol. The molecule has 0 aliphatic heterocycles. The predicted molar refractivity (Wildman–Crippen MR) is 115 cm³/mol. The summed E-state index contributed by atoms with van der Waals surface area (Å²) in [5, 5.41) is 2.32. The first-order valence-electron chi connectivity index (χ1n) is 9.20. The molecule has 1 heterocycles. The number of anilines is 1. The van der Waals surface area contributed by atoms with Crippen molar-refractivity contribution in [2.24, 2.45) is 0 Å². The first-order valence-corrected chi connectivity index (χ1v) is 11.2. The zero-order valence-electron chi connectivity index (χ0n) is 17.3. The molecule has 194 valence electrons. The SMILES string of the molecule is CSc1nn(-c2c(Cl)cc(C(F)(F)F)cc2Cl)c(N)c1C(=O)c1cc(C(F)(F)F)ccc1C(F)(F)F. The molecule has 0 radical (unpaired) electrons. The Bertz CT molecular complexity index is 1320. The Kier molecular flexibility index (Phi) is 7.29. The highest BCUT2D eigenvalue weighted by Crippen LogP contribution is 2.42. The van der Waals surface area contributed by atoms with Crippen molar-refractivity contribution >= 4 is 46.6 Å². The van der Waals surface area contributed by atoms with E-state index in [2.05, 4.69) is 5.10 Å². The Morgan fingerprint density at radius 2 is 1.42 bits per heavy atom. The molecule has 3 rings (SSSR count). The van der Waals surface area contributed by atoms with Crippen molar-refractivity contribution < 1.29 is 44.3 Å². The fraction of sp³-hybridized carbons (Fsp3) is 0.200. The van der Waals surface area contributed by atoms with E-state index >= 15 is 0 Å². The van der Waals surface area contributed by atoms with Crippen LogP contribution >= 0.6 is 35.0 Å². The number of ketones is 1. The highest BCUT2D eigenvalue weighted by molar-refractivity contribution is 7.98. The summed E-state index contributed by atoms with van der Waals surface area (Å²) in [5.74, 6) is -2.26. The standard InChI is InChI=1S/C20H10Cl2F9N3OS/c1-36-17-13(15(35)9-4-7(18(23,24)25)2-3-10(9)20(29,30)31)16(32)34(33-17)14-11(21)5-8(6-12(14)22)19(26,27)28/h2-6H,32H2,1H3. The van der Waals surface area contributed by atoms with Crippen LogP contribution in [0.15, 0.2) is 35.4 Å². The molecular formula is C20H10Cl2F9N3OS. The van der Waals surface area contributed by atoms with E-state index in [1.165, 1.54) is 6.26 Å². The van der Waals surface area contributed by atoms with Crippen molar-refractivity contribution in [3.63, 3.8) is 0 Å². The number of aromatic nitrogens is 2. The first kappa shape index (κ1) is 28.0. The monoisotopic (exact) mass is 581 g/mol. The molecule has 0 fully saturated rings. The second-order valence-corrected chi connectivity index (χ2v) is 8.66. The minimum Gasteiger partial charge on any atom is -0.383 e. The number of nitrogens with two attached hydrogens (primary N) is 1. The van der Waals surface area contributed by atoms with E-state index in [0.29, 0.717) is 28.6 Å². The van der Waals surface area contributed by atoms with Crippen LogP contribution in [0.25, 0.3) is 5.69 Å². The van der Waals surface area contributed by atoms with E-state index in [-0.39, 0.29) is 23.2 Å². The summed E-state index contributed by atoms with van der Waals surface area (Å²) in [6.07, 6.45) is -13.8. The number of nitrogen functional groups attached to an aromatic ring is 1. The average Bonchev–Trinajstić information content (AvgIpc) is 3.06. The minimum absolute atomic E-state index is 0.0319. The van der Waals surface area contributed by atoms with Crippen molar-refractivity contribution in [1.82, 2.24) is 9.78 Å². The summed E-state index contributed by atoms with van der Waals surface area (Å²) in [6, 6.07) is 1.28. The number of hydrogen-bond acceptors (Lipinski definition) is 4. The Balaban J connectivity index is 2.27. The molecule has 1 aromatic heterocycles. The maximum atomic E-state index is 13.5. The van der Waals surface area contributed by atoms with Gasteiger partial charge in [-0.05, 0) is 36.6 Å². The average molecular weight is 582 g/mol. The number of rotatable bonds is 4. The Morgan fingerprint density at radius 1 is 0.889 bits per heavy atom. The Hall–Kier alpha value is -2.58. The third-order valence-electron chi connectivity index (χ3n) is 4.76. The molecule has 16 heteroatoms. The summed E-state index contributed by atoms with van der Waals surface area (Å²) >= 11 is 12.6. The summed E-state index contributed by atoms with van der Waals surface area (Å²) in [7, 11) is 0. The molecule has 4 nitrogen and oxygen atoms in total. The molecule has 0 aliphatic carbocycles. The maximum Gasteiger partial charge on any atom is 0.417 e. The number of benzene rings is 2. The van der Waals surface area contributed by atoms with E-state index in [1.54, 1.807) is 0 Å². The summed E-state index contributed by atoms with van der Waals surface area (Å²) in [6.45, 7) is 0. The topological polar surface area (TPSA) is 60.9 Å². The van der Waals surface area contributed by atoms with Gasteiger partial charge >= 0.3 is 18.5 Å². The number of thioether (sulfide) groups is 1. The van der Waals surface area contributed by atoms with Gasteiger partial charge in [-0.1, -0.05) is 23.2 Å². The number of nitrogens with zero attached hydrogens (tertiary/aromatic N) is 2. The predicted octanol–water partition coefficient (Wildman–Crippen LogP) is 7.77. The molecule has 0 saturated carbocycles. The van der Waals surface area contributed by atoms with Crippen LogP contribution in [-0.2, 0) is 18.5 Å². The number of alkyl halides is 9. The maximum absolute atomic E-state index is 13.5. The van der Waals surface area contributed by atoms with Crippen LogP contribution in [-0.4, -0.2) is 21.8 Å². The summed E-state index contributed by atoms with van der Waals surface area (Å²) in [4.78, 5) is 13.2. The second-order valence-electron chi connectivity index (χ2n) is 7.05. The van der Waals surface area contributed by atoms with Crippen molar-refractivity contribution in [2.45, 2.75) is 23.6 Å². The van der Waals surface area contributed by atoms with E-state index in [1.807, 2.05) is 0 Å². The Labute approximate surface area is 210 Å². The molecule has 0 unspecified atom stereocenters. The fourth-order valence-electron chi connectivity index (χ4n) is 3.16. The van der Waals surface area contributed by atoms with Crippen LogP contribution in [0.2, 0.25) is 10.0 Å². The van der Waals surface area contributed by atoms with Crippen molar-refractivity contribution in [3.05, 3.63) is 68.2 Å². The van der Waals surface area contributed by atoms with Gasteiger partial charge in [0.15, 0.2) is 5.78 Å². The van der Waals surface area contributed by atoms with Crippen LogP contribution in [0.1, 0.15) is 32.6 Å². The van der Waals surface area contributed by atoms with Crippen LogP contribution in [0.3, 0.4) is 0 Å². The number of halogens is 11. The molecule has 0 saturated heterocycles. The lowest BCUT2D eigenvalue weighted by molar-refractivity contribution is -0.141. The van der Waals surface area contributed by atoms with Crippen molar-refractivity contribution in [3.8, 4) is 5.69 Å². The van der Waals surface area contributed by atoms with Crippen LogP contribution < -0.4 is 5.73 Å². The smallest absolute Gasteiger partial charge is 0.383 e. The van der Waals surface area contributed by atoms with E-state index in [4.69, 9.17) is 28.9 Å². The van der Waals surface area contributed by atoms with Crippen LogP contribution in [0.4, 0.5) is 45.3 Å². The molecule has 0 aliphatic rings. The van der Waals surface area contributed by atoms with Gasteiger partial charge in [-0.15, -0.1) is 11.8 Å². The van der Waals surface area contributed by atoms with Gasteiger partial charge in [0, 0.05) is 5.56 Å². The van der Waals surface area contributed by atoms with E-state index < -0.39 is 73.7 Å². The van der Waals surface area contributed by atoms with Gasteiger partial charge in [-0.25, -0.2) is 4.68 Å². The molecule has 0 spiro atoms. The third kappa shape index (κ3) is 5.25. The highest BCUT2D eigenvalue weighted by atomic mass is 35.5. The lowest BCUT2D eigenvalue weighted by Crippen LogP contribution is -2.17. The lowest BCUT2D eigenvalue weighted by Gasteiger charge is -2.15. The third-order valence-corrected chi connectivity index (χ3v) is 6.01. The number of carbonyl (C=O) groups excluding carboxylic acids is 1. The minimum atomic E-state index is -5.21. The van der Waals surface area contributed by atoms with Crippen molar-refractivity contribution in [1.29, 1.82) is 0 Å². The molecule has 2 aromatic carbocycles. The van der Waals surface area contributed by atoms with Crippen LogP contribution in [0.5, 0.6) is 0 Å². The molecule has 0 amide bonds. The summed E-state index contributed by atoms with van der Waals surface area (Å²) < 4.78 is 120. The molecule has 0 bridgehead atoms. The van der Waals surface area contributed by atoms with Gasteiger partial charge in [0.05, 0.1) is 32.3 Å². The Morgan fingerprint density at radius 3 is 1.86 bits per heavy atom. The molecule has 3 aromatic rings. The van der Waals surface area contributed by atoms with Gasteiger partial charge in [0.1, 0.15) is 16.5 Å². The normalized spacial score (nSPS) is 12.8. The zero-order chi connectivity index (χ0) is 27.4. The molecule has 36 heavy (non-hydrogen) atoms. The lowest BCUT2D eigenvalue weighted by atomic mass is 9.96. The number of hydrogen-bond donors (Lipinski definition) is 1. The van der Waals surface area contributed by atoms with Crippen molar-refractivity contribution in [2.75, 3.05) is 12.0 Å². The van der Waals surface area contributed by atoms with Gasteiger partial charge in [0.2, 0.25) is 0 Å². The molecule has 0 atom stereocenters. The van der Waals surface area contributed by atoms with Crippen LogP contribution in [0, 0.1) is 0 Å². The summed E-state index contributed by atoms with van der Waals surface area (Å²) in [5.41, 5.74) is -1.01.